The van der Waals surface area contributed by atoms with Gasteiger partial charge in [-0.15, -0.1) is 0 Å². The average molecular weight is 490 g/mol. The summed E-state index contributed by atoms with van der Waals surface area (Å²) in [7, 11) is 0. The highest BCUT2D eigenvalue weighted by Crippen LogP contribution is 2.32. The van der Waals surface area contributed by atoms with Crippen LogP contribution in [-0.2, 0) is 0 Å². The number of nitrogens with zero attached hydrogens (tertiary/aromatic N) is 2. The van der Waals surface area contributed by atoms with Crippen LogP contribution in [-0.4, -0.2) is 22.2 Å². The summed E-state index contributed by atoms with van der Waals surface area (Å²) in [5.74, 6) is -0.952. The van der Waals surface area contributed by atoms with Crippen LogP contribution >= 0.6 is 38.5 Å². The molecule has 0 saturated heterocycles. The lowest BCUT2D eigenvalue weighted by Gasteiger charge is -2.02. The second-order valence-electron chi connectivity index (χ2n) is 4.33. The molecule has 0 spiro atoms. The first-order chi connectivity index (χ1) is 10.9. The number of hydrazone groups is 1. The van der Waals surface area contributed by atoms with E-state index in [0.29, 0.717) is 10.0 Å². The molecule has 118 valence electrons. The van der Waals surface area contributed by atoms with Gasteiger partial charge in [0.05, 0.1) is 11.1 Å². The Morgan fingerprint density at radius 2 is 2.00 bits per heavy atom. The van der Waals surface area contributed by atoms with Crippen LogP contribution in [0.3, 0.4) is 0 Å². The third kappa shape index (κ3) is 4.48. The SMILES string of the molecule is O=C(N/N=C\c1cc(Br)cc([N+](=O)[O-])c1O)c1ccc(I)cc1. The monoisotopic (exact) mass is 489 g/mol. The lowest BCUT2D eigenvalue weighted by Crippen LogP contribution is -2.17. The number of nitro benzene ring substituents is 1. The molecule has 2 aromatic carbocycles. The summed E-state index contributed by atoms with van der Waals surface area (Å²) in [6.45, 7) is 0. The van der Waals surface area contributed by atoms with Crippen LogP contribution < -0.4 is 5.43 Å². The van der Waals surface area contributed by atoms with E-state index < -0.39 is 22.3 Å². The summed E-state index contributed by atoms with van der Waals surface area (Å²) in [5, 5.41) is 24.4. The number of nitrogens with one attached hydrogen (secondary N) is 1. The zero-order valence-electron chi connectivity index (χ0n) is 11.4. The third-order valence-electron chi connectivity index (χ3n) is 2.76. The van der Waals surface area contributed by atoms with Gasteiger partial charge in [-0.25, -0.2) is 5.43 Å². The van der Waals surface area contributed by atoms with Gasteiger partial charge in [0.15, 0.2) is 0 Å². The van der Waals surface area contributed by atoms with Gasteiger partial charge in [-0.05, 0) is 52.9 Å². The van der Waals surface area contributed by atoms with Crippen molar-refractivity contribution >= 4 is 56.3 Å². The second kappa shape index (κ2) is 7.51. The molecule has 0 aliphatic heterocycles. The molecular weight excluding hydrogens is 481 g/mol. The molecule has 0 aliphatic rings. The fourth-order valence-corrected chi connectivity index (χ4v) is 2.49. The van der Waals surface area contributed by atoms with Crippen molar-refractivity contribution in [1.82, 2.24) is 5.43 Å². The van der Waals surface area contributed by atoms with E-state index in [2.05, 4.69) is 49.0 Å². The number of amides is 1. The van der Waals surface area contributed by atoms with Gasteiger partial charge in [-0.1, -0.05) is 15.9 Å². The number of hydrogen-bond donors (Lipinski definition) is 2. The number of benzene rings is 2. The largest absolute Gasteiger partial charge is 0.502 e. The molecule has 2 rings (SSSR count). The predicted molar refractivity (Wildman–Crippen MR) is 96.7 cm³/mol. The Balaban J connectivity index is 2.16. The van der Waals surface area contributed by atoms with E-state index in [-0.39, 0.29) is 5.56 Å². The highest BCUT2D eigenvalue weighted by Gasteiger charge is 2.17. The number of carbonyl (C=O) groups is 1. The van der Waals surface area contributed by atoms with Gasteiger partial charge in [0.25, 0.3) is 5.91 Å². The van der Waals surface area contributed by atoms with E-state index in [4.69, 9.17) is 0 Å². The van der Waals surface area contributed by atoms with Gasteiger partial charge in [0.2, 0.25) is 5.75 Å². The predicted octanol–water partition coefficient (Wildman–Crippen LogP) is 3.43. The van der Waals surface area contributed by atoms with E-state index >= 15 is 0 Å². The van der Waals surface area contributed by atoms with Crippen molar-refractivity contribution in [1.29, 1.82) is 0 Å². The number of hydrogen-bond acceptors (Lipinski definition) is 5. The maximum absolute atomic E-state index is 11.9. The number of carbonyl (C=O) groups excluding carboxylic acids is 1. The number of phenolic OH excluding ortho intramolecular Hbond substituents is 1. The van der Waals surface area contributed by atoms with Gasteiger partial charge >= 0.3 is 5.69 Å². The first kappa shape index (κ1) is 17.3. The molecule has 0 unspecified atom stereocenters. The third-order valence-corrected chi connectivity index (χ3v) is 3.93. The molecule has 2 aromatic rings. The molecule has 2 N–H and O–H groups in total. The summed E-state index contributed by atoms with van der Waals surface area (Å²) < 4.78 is 1.40. The van der Waals surface area contributed by atoms with E-state index in [1.165, 1.54) is 12.1 Å². The number of aromatic hydroxyl groups is 1. The zero-order valence-corrected chi connectivity index (χ0v) is 15.1. The summed E-state index contributed by atoms with van der Waals surface area (Å²) in [5.41, 5.74) is 2.37. The van der Waals surface area contributed by atoms with Gasteiger partial charge in [-0.3, -0.25) is 14.9 Å². The molecule has 0 aliphatic carbocycles. The summed E-state index contributed by atoms with van der Waals surface area (Å²) in [6, 6.07) is 9.48. The van der Waals surface area contributed by atoms with E-state index in [1.54, 1.807) is 24.3 Å². The van der Waals surface area contributed by atoms with Crippen molar-refractivity contribution in [2.45, 2.75) is 0 Å². The second-order valence-corrected chi connectivity index (χ2v) is 6.49. The number of rotatable bonds is 4. The maximum Gasteiger partial charge on any atom is 0.312 e. The first-order valence-corrected chi connectivity index (χ1v) is 8.01. The van der Waals surface area contributed by atoms with Crippen LogP contribution in [0.1, 0.15) is 15.9 Å². The van der Waals surface area contributed by atoms with Crippen LogP contribution in [0, 0.1) is 13.7 Å². The van der Waals surface area contributed by atoms with Crippen molar-refractivity contribution < 1.29 is 14.8 Å². The van der Waals surface area contributed by atoms with Crippen molar-refractivity contribution in [2.75, 3.05) is 0 Å². The first-order valence-electron chi connectivity index (χ1n) is 6.14. The molecule has 7 nitrogen and oxygen atoms in total. The van der Waals surface area contributed by atoms with E-state index in [1.807, 2.05) is 0 Å². The van der Waals surface area contributed by atoms with E-state index in [9.17, 15) is 20.0 Å². The summed E-state index contributed by atoms with van der Waals surface area (Å²) in [4.78, 5) is 22.0. The molecule has 0 bridgehead atoms. The minimum atomic E-state index is -0.707. The smallest absolute Gasteiger partial charge is 0.312 e. The quantitative estimate of drug-likeness (QED) is 0.297. The Kier molecular flexibility index (Phi) is 5.66. The number of phenols is 1. The van der Waals surface area contributed by atoms with Crippen molar-refractivity contribution in [3.05, 3.63) is 65.7 Å². The maximum atomic E-state index is 11.9. The molecule has 0 heterocycles. The van der Waals surface area contributed by atoms with Crippen molar-refractivity contribution in [3.63, 3.8) is 0 Å². The molecule has 0 atom stereocenters. The highest BCUT2D eigenvalue weighted by atomic mass is 127. The summed E-state index contributed by atoms with van der Waals surface area (Å²) in [6.07, 6.45) is 1.14. The van der Waals surface area contributed by atoms with Crippen LogP contribution in [0.15, 0.2) is 46.0 Å². The van der Waals surface area contributed by atoms with Crippen LogP contribution in [0.5, 0.6) is 5.75 Å². The summed E-state index contributed by atoms with van der Waals surface area (Å²) >= 11 is 5.24. The van der Waals surface area contributed by atoms with Crippen LogP contribution in [0.25, 0.3) is 0 Å². The number of nitro groups is 1. The van der Waals surface area contributed by atoms with Gasteiger partial charge in [0, 0.05) is 25.2 Å². The highest BCUT2D eigenvalue weighted by molar-refractivity contribution is 14.1. The Bertz CT molecular complexity index is 793. The molecular formula is C14H9BrIN3O4. The van der Waals surface area contributed by atoms with Crippen molar-refractivity contribution in [3.8, 4) is 5.75 Å². The van der Waals surface area contributed by atoms with Gasteiger partial charge < -0.3 is 5.11 Å². The molecule has 0 fully saturated rings. The zero-order chi connectivity index (χ0) is 17.0. The van der Waals surface area contributed by atoms with Crippen LogP contribution in [0.4, 0.5) is 5.69 Å². The normalized spacial score (nSPS) is 10.7. The molecule has 0 radical (unpaired) electrons. The number of halogens is 2. The van der Waals surface area contributed by atoms with Gasteiger partial charge in [-0.2, -0.15) is 5.10 Å². The van der Waals surface area contributed by atoms with Crippen LogP contribution in [0.2, 0.25) is 0 Å². The molecule has 1 amide bonds. The Hall–Kier alpha value is -2.01. The van der Waals surface area contributed by atoms with Gasteiger partial charge in [0.1, 0.15) is 0 Å². The Morgan fingerprint density at radius 1 is 1.35 bits per heavy atom. The van der Waals surface area contributed by atoms with Crippen molar-refractivity contribution in [2.24, 2.45) is 5.10 Å². The fourth-order valence-electron chi connectivity index (χ4n) is 1.67. The Labute approximate surface area is 152 Å². The fraction of sp³-hybridized carbons (Fsp3) is 0. The Morgan fingerprint density at radius 3 is 2.61 bits per heavy atom. The average Bonchev–Trinajstić information content (AvgIpc) is 2.50. The van der Waals surface area contributed by atoms with E-state index in [0.717, 1.165) is 9.78 Å². The lowest BCUT2D eigenvalue weighted by atomic mass is 10.2. The minimum absolute atomic E-state index is 0.106. The molecule has 23 heavy (non-hydrogen) atoms. The molecule has 0 aromatic heterocycles. The topological polar surface area (TPSA) is 105 Å². The lowest BCUT2D eigenvalue weighted by molar-refractivity contribution is -0.385. The minimum Gasteiger partial charge on any atom is -0.502 e. The molecule has 9 heteroatoms. The standard InChI is InChI=1S/C14H9BrIN3O4/c15-10-5-9(13(20)12(6-10)19(22)23)7-17-18-14(21)8-1-3-11(16)4-2-8/h1-7,20H,(H,18,21)/b17-7-. The molecule has 0 saturated carbocycles.